The van der Waals surface area contributed by atoms with Crippen LogP contribution in [0.15, 0.2) is 22.7 Å². The normalized spacial score (nSPS) is 21.3. The van der Waals surface area contributed by atoms with Crippen LogP contribution in [0, 0.1) is 0 Å². The number of nitrogens with one attached hydrogen (secondary N) is 1. The molecule has 1 aromatic rings. The lowest BCUT2D eigenvalue weighted by molar-refractivity contribution is 0.0953. The van der Waals surface area contributed by atoms with Crippen LogP contribution in [0.1, 0.15) is 23.2 Å². The molecule has 0 saturated carbocycles. The highest BCUT2D eigenvalue weighted by Gasteiger charge is 2.31. The number of benzene rings is 1. The summed E-state index contributed by atoms with van der Waals surface area (Å²) in [7, 11) is -3.02. The first-order valence-corrected chi connectivity index (χ1v) is 8.73. The van der Waals surface area contributed by atoms with Gasteiger partial charge in [0, 0.05) is 16.6 Å². The molecule has 104 valence electrons. The van der Waals surface area contributed by atoms with Crippen molar-refractivity contribution in [3.63, 3.8) is 0 Å². The fraction of sp³-hybridized carbons (Fsp3) is 0.417. The zero-order chi connectivity index (χ0) is 14.0. The summed E-state index contributed by atoms with van der Waals surface area (Å²) in [5.41, 5.74) is 0.451. The van der Waals surface area contributed by atoms with Crippen molar-refractivity contribution >= 4 is 43.3 Å². The smallest absolute Gasteiger partial charge is 0.251 e. The standard InChI is InChI=1S/C12H13BrClNO3S/c13-10-6-8(3-4-11(10)14)12(16)15-7-9-2-1-5-19(9,17)18/h3-4,6,9H,1-2,5,7H2,(H,15,16). The third-order valence-corrected chi connectivity index (χ3v) is 6.62. The second-order valence-electron chi connectivity index (χ2n) is 4.47. The van der Waals surface area contributed by atoms with Crippen molar-refractivity contribution in [2.45, 2.75) is 18.1 Å². The molecular weight excluding hydrogens is 354 g/mol. The van der Waals surface area contributed by atoms with Crippen LogP contribution in [0.2, 0.25) is 5.02 Å². The van der Waals surface area contributed by atoms with Crippen molar-refractivity contribution in [1.29, 1.82) is 0 Å². The van der Waals surface area contributed by atoms with Gasteiger partial charge in [-0.3, -0.25) is 4.79 Å². The maximum Gasteiger partial charge on any atom is 0.251 e. The van der Waals surface area contributed by atoms with Gasteiger partial charge < -0.3 is 5.32 Å². The van der Waals surface area contributed by atoms with Gasteiger partial charge in [-0.05, 0) is 47.0 Å². The molecule has 0 aliphatic carbocycles. The van der Waals surface area contributed by atoms with Crippen LogP contribution < -0.4 is 5.32 Å². The van der Waals surface area contributed by atoms with Gasteiger partial charge in [-0.1, -0.05) is 11.6 Å². The Bertz CT molecular complexity index is 603. The molecule has 2 rings (SSSR count). The van der Waals surface area contributed by atoms with Crippen molar-refractivity contribution in [2.24, 2.45) is 0 Å². The molecule has 0 aromatic heterocycles. The van der Waals surface area contributed by atoms with Crippen LogP contribution in [-0.2, 0) is 9.84 Å². The monoisotopic (exact) mass is 365 g/mol. The molecule has 4 nitrogen and oxygen atoms in total. The van der Waals surface area contributed by atoms with E-state index in [4.69, 9.17) is 11.6 Å². The molecule has 1 heterocycles. The highest BCUT2D eigenvalue weighted by atomic mass is 79.9. The Morgan fingerprint density at radius 3 is 2.79 bits per heavy atom. The van der Waals surface area contributed by atoms with Crippen LogP contribution in [0.4, 0.5) is 0 Å². The number of carbonyl (C=O) groups is 1. The van der Waals surface area contributed by atoms with Crippen molar-refractivity contribution in [3.8, 4) is 0 Å². The highest BCUT2D eigenvalue weighted by Crippen LogP contribution is 2.23. The Hall–Kier alpha value is -0.590. The predicted octanol–water partition coefficient (Wildman–Crippen LogP) is 2.41. The number of amides is 1. The van der Waals surface area contributed by atoms with E-state index in [-0.39, 0.29) is 18.2 Å². The lowest BCUT2D eigenvalue weighted by Gasteiger charge is -2.11. The van der Waals surface area contributed by atoms with Crippen molar-refractivity contribution in [1.82, 2.24) is 5.32 Å². The Morgan fingerprint density at radius 2 is 2.21 bits per heavy atom. The summed E-state index contributed by atoms with van der Waals surface area (Å²) >= 11 is 9.09. The van der Waals surface area contributed by atoms with E-state index in [2.05, 4.69) is 21.2 Å². The van der Waals surface area contributed by atoms with Gasteiger partial charge in [-0.2, -0.15) is 0 Å². The van der Waals surface area contributed by atoms with Crippen LogP contribution in [0.25, 0.3) is 0 Å². The van der Waals surface area contributed by atoms with Gasteiger partial charge in [-0.25, -0.2) is 8.42 Å². The van der Waals surface area contributed by atoms with Crippen molar-refractivity contribution < 1.29 is 13.2 Å². The number of rotatable bonds is 3. The van der Waals surface area contributed by atoms with E-state index >= 15 is 0 Å². The molecule has 1 amide bonds. The number of halogens is 2. The van der Waals surface area contributed by atoms with E-state index in [9.17, 15) is 13.2 Å². The summed E-state index contributed by atoms with van der Waals surface area (Å²) in [4.78, 5) is 11.9. The average molecular weight is 367 g/mol. The molecular formula is C12H13BrClNO3S. The van der Waals surface area contributed by atoms with Crippen LogP contribution in [0.5, 0.6) is 0 Å². The average Bonchev–Trinajstić information content (AvgIpc) is 2.69. The molecule has 1 aliphatic heterocycles. The Kier molecular flexibility index (Phi) is 4.53. The lowest BCUT2D eigenvalue weighted by atomic mass is 10.2. The lowest BCUT2D eigenvalue weighted by Crippen LogP contribution is -2.34. The van der Waals surface area contributed by atoms with Crippen LogP contribution >= 0.6 is 27.5 Å². The molecule has 7 heteroatoms. The third-order valence-electron chi connectivity index (χ3n) is 3.13. The topological polar surface area (TPSA) is 63.2 Å². The quantitative estimate of drug-likeness (QED) is 0.893. The van der Waals surface area contributed by atoms with Gasteiger partial charge in [-0.15, -0.1) is 0 Å². The first-order valence-electron chi connectivity index (χ1n) is 5.85. The Labute approximate surface area is 125 Å². The van der Waals surface area contributed by atoms with Crippen LogP contribution in [-0.4, -0.2) is 31.9 Å². The van der Waals surface area contributed by atoms with Gasteiger partial charge in [0.1, 0.15) is 0 Å². The van der Waals surface area contributed by atoms with E-state index in [1.807, 2.05) is 0 Å². The summed E-state index contributed by atoms with van der Waals surface area (Å²) in [5, 5.41) is 2.73. The predicted molar refractivity (Wildman–Crippen MR) is 78.3 cm³/mol. The van der Waals surface area contributed by atoms with Gasteiger partial charge in [0.15, 0.2) is 9.84 Å². The highest BCUT2D eigenvalue weighted by molar-refractivity contribution is 9.10. The minimum atomic E-state index is -3.02. The third kappa shape index (κ3) is 3.49. The second kappa shape index (κ2) is 5.81. The Morgan fingerprint density at radius 1 is 1.47 bits per heavy atom. The summed E-state index contributed by atoms with van der Waals surface area (Å²) in [6.45, 7) is 0.168. The first kappa shape index (κ1) is 14.8. The second-order valence-corrected chi connectivity index (χ2v) is 8.13. The SMILES string of the molecule is O=C(NCC1CCCS1(=O)=O)c1ccc(Cl)c(Br)c1. The molecule has 1 N–H and O–H groups in total. The van der Waals surface area contributed by atoms with Crippen molar-refractivity contribution in [3.05, 3.63) is 33.3 Å². The van der Waals surface area contributed by atoms with E-state index in [0.717, 1.165) is 0 Å². The largest absolute Gasteiger partial charge is 0.351 e. The first-order chi connectivity index (χ1) is 8.90. The zero-order valence-corrected chi connectivity index (χ0v) is 13.2. The minimum absolute atomic E-state index is 0.168. The van der Waals surface area contributed by atoms with Gasteiger partial charge >= 0.3 is 0 Å². The van der Waals surface area contributed by atoms with Gasteiger partial charge in [0.05, 0.1) is 16.0 Å². The van der Waals surface area contributed by atoms with Crippen molar-refractivity contribution in [2.75, 3.05) is 12.3 Å². The molecule has 1 aromatic carbocycles. The number of carbonyl (C=O) groups excluding carboxylic acids is 1. The summed E-state index contributed by atoms with van der Waals surface area (Å²) < 4.78 is 23.9. The maximum absolute atomic E-state index is 11.9. The molecule has 1 unspecified atom stereocenters. The van der Waals surface area contributed by atoms with Gasteiger partial charge in [0.25, 0.3) is 5.91 Å². The van der Waals surface area contributed by atoms with E-state index in [1.54, 1.807) is 18.2 Å². The summed E-state index contributed by atoms with van der Waals surface area (Å²) in [6, 6.07) is 4.83. The molecule has 0 radical (unpaired) electrons. The fourth-order valence-corrected chi connectivity index (χ4v) is 4.30. The molecule has 0 spiro atoms. The molecule has 1 saturated heterocycles. The molecule has 0 bridgehead atoms. The molecule has 1 aliphatic rings. The number of hydrogen-bond acceptors (Lipinski definition) is 3. The number of hydrogen-bond donors (Lipinski definition) is 1. The number of sulfone groups is 1. The van der Waals surface area contributed by atoms with E-state index in [0.29, 0.717) is 27.9 Å². The molecule has 19 heavy (non-hydrogen) atoms. The molecule has 1 fully saturated rings. The van der Waals surface area contributed by atoms with Crippen LogP contribution in [0.3, 0.4) is 0 Å². The van der Waals surface area contributed by atoms with E-state index in [1.165, 1.54) is 0 Å². The minimum Gasteiger partial charge on any atom is -0.351 e. The van der Waals surface area contributed by atoms with Gasteiger partial charge in [0.2, 0.25) is 0 Å². The molecule has 1 atom stereocenters. The van der Waals surface area contributed by atoms with E-state index < -0.39 is 15.1 Å². The fourth-order valence-electron chi connectivity index (χ4n) is 2.03. The summed E-state index contributed by atoms with van der Waals surface area (Å²) in [6.07, 6.45) is 1.29. The summed E-state index contributed by atoms with van der Waals surface area (Å²) in [5.74, 6) is -0.0699. The zero-order valence-electron chi connectivity index (χ0n) is 10.0. The maximum atomic E-state index is 11.9. The Balaban J connectivity index is 2.00.